The van der Waals surface area contributed by atoms with Crippen LogP contribution in [-0.2, 0) is 8.46 Å². The molecule has 0 aliphatic heterocycles. The molecule has 0 aliphatic carbocycles. The fourth-order valence-corrected chi connectivity index (χ4v) is 3.24. The molecule has 30 heavy (non-hydrogen) atoms. The normalized spacial score (nSPS) is 12.0. The van der Waals surface area contributed by atoms with Crippen LogP contribution in [0.4, 0.5) is 11.4 Å². The summed E-state index contributed by atoms with van der Waals surface area (Å²) in [5, 5.41) is 0. The zero-order valence-electron chi connectivity index (χ0n) is 18.1. The number of hydrogen-bond donors (Lipinski definition) is 1. The topological polar surface area (TPSA) is 40.5 Å². The number of nitrogens with one attached hydrogen (secondary N) is 1. The molecule has 0 amide bonds. The van der Waals surface area contributed by atoms with Gasteiger partial charge in [0.2, 0.25) is 0 Å². The number of halogens is 2. The third-order valence-corrected chi connectivity index (χ3v) is 4.90. The first kappa shape index (κ1) is 25.3. The van der Waals surface area contributed by atoms with E-state index >= 15 is 0 Å². The summed E-state index contributed by atoms with van der Waals surface area (Å²) in [6, 6.07) is 16.7. The van der Waals surface area contributed by atoms with Gasteiger partial charge in [0.1, 0.15) is 0 Å². The molecule has 0 saturated carbocycles. The van der Waals surface area contributed by atoms with Gasteiger partial charge in [-0.05, 0) is 75.9 Å². The van der Waals surface area contributed by atoms with E-state index in [1.165, 1.54) is 30.7 Å². The monoisotopic (exact) mass is 667 g/mol. The Morgan fingerprint density at radius 3 is 1.27 bits per heavy atom. The fraction of sp³-hybridized carbons (Fsp3) is 0.250. The zero-order chi connectivity index (χ0) is 22.3. The maximum atomic E-state index is 4.86. The Balaban J connectivity index is 0.00000101. The molecule has 0 radical (unpaired) electrons. The van der Waals surface area contributed by atoms with E-state index in [0.29, 0.717) is 0 Å². The number of aliphatic imine (C=N–C) groups is 2. The third kappa shape index (κ3) is 6.77. The van der Waals surface area contributed by atoms with Crippen molar-refractivity contribution in [3.05, 3.63) is 82.2 Å². The number of aryl methyl sites for hydroxylation is 4. The molecule has 3 rings (SSSR count). The van der Waals surface area contributed by atoms with E-state index in [-0.39, 0.29) is 0 Å². The summed E-state index contributed by atoms with van der Waals surface area (Å²) in [5.41, 5.74) is 10.8. The number of aromatic nitrogens is 1. The molecular formula is C24H27FeI2N3. The standard InChI is InChI=1S/C24H27N3.Fe.2HI/c1-15-9-7-10-16(2)23(15)25-19(5)21-13-14-22(27-21)20(6)26-24-17(3)11-8-12-18(24)4;;;/h7-14,27H,1-6H3;;2*1H/q;+2;;/p-2. The Bertz CT molecular complexity index is 946. The molecule has 160 valence electrons. The summed E-state index contributed by atoms with van der Waals surface area (Å²) in [6.45, 7) is 12.5. The van der Waals surface area contributed by atoms with Gasteiger partial charge in [0.05, 0.1) is 34.2 Å². The van der Waals surface area contributed by atoms with Crippen LogP contribution in [0.25, 0.3) is 0 Å². The first-order valence-electron chi connectivity index (χ1n) is 9.56. The van der Waals surface area contributed by atoms with Crippen molar-refractivity contribution in [3.63, 3.8) is 0 Å². The summed E-state index contributed by atoms with van der Waals surface area (Å²) < 4.78 is 0. The molecule has 0 spiro atoms. The SMILES string of the molecule is CC(=Nc1c(C)cccc1C)c1ccc(C(C)=Nc2c(C)cccc2C)[nH]1.[I][Fe][I]. The van der Waals surface area contributed by atoms with Crippen molar-refractivity contribution in [2.24, 2.45) is 9.98 Å². The second-order valence-corrected chi connectivity index (χ2v) is 16.5. The summed E-state index contributed by atoms with van der Waals surface area (Å²) in [7, 11) is 1.19. The summed E-state index contributed by atoms with van der Waals surface area (Å²) in [4.78, 5) is 13.2. The first-order valence-corrected chi connectivity index (χ1v) is 16.7. The van der Waals surface area contributed by atoms with Gasteiger partial charge in [-0.3, -0.25) is 9.98 Å². The predicted molar refractivity (Wildman–Crippen MR) is 144 cm³/mol. The maximum absolute atomic E-state index is 4.86. The quantitative estimate of drug-likeness (QED) is 0.165. The van der Waals surface area contributed by atoms with Crippen LogP contribution in [0.5, 0.6) is 0 Å². The number of nitrogens with zero attached hydrogens (tertiary/aromatic N) is 2. The molecule has 1 aromatic heterocycles. The van der Waals surface area contributed by atoms with Crippen LogP contribution < -0.4 is 0 Å². The minimum atomic E-state index is 0.971. The molecule has 2 aromatic carbocycles. The van der Waals surface area contributed by atoms with E-state index in [9.17, 15) is 0 Å². The Labute approximate surface area is 208 Å². The Hall–Kier alpha value is -0.961. The number of aromatic amines is 1. The molecule has 3 nitrogen and oxygen atoms in total. The number of rotatable bonds is 4. The molecule has 0 atom stereocenters. The summed E-state index contributed by atoms with van der Waals surface area (Å²) in [6.07, 6.45) is 0. The van der Waals surface area contributed by atoms with Gasteiger partial charge in [-0.1, -0.05) is 36.4 Å². The van der Waals surface area contributed by atoms with Crippen molar-refractivity contribution in [2.75, 3.05) is 0 Å². The van der Waals surface area contributed by atoms with Crippen LogP contribution in [0.1, 0.15) is 47.5 Å². The van der Waals surface area contributed by atoms with E-state index < -0.39 is 0 Å². The molecule has 1 N–H and O–H groups in total. The summed E-state index contributed by atoms with van der Waals surface area (Å²) >= 11 is 4.55. The van der Waals surface area contributed by atoms with E-state index in [1.54, 1.807) is 0 Å². The second-order valence-electron chi connectivity index (χ2n) is 7.21. The van der Waals surface area contributed by atoms with Gasteiger partial charge in [0.15, 0.2) is 0 Å². The molecule has 0 fully saturated rings. The average Bonchev–Trinajstić information content (AvgIpc) is 3.19. The van der Waals surface area contributed by atoms with Crippen molar-refractivity contribution >= 4 is 63.5 Å². The number of hydrogen-bond acceptors (Lipinski definition) is 2. The Kier molecular flexibility index (Phi) is 10.3. The Morgan fingerprint density at radius 2 is 0.967 bits per heavy atom. The van der Waals surface area contributed by atoms with E-state index in [2.05, 4.69) is 122 Å². The van der Waals surface area contributed by atoms with Crippen molar-refractivity contribution in [2.45, 2.75) is 41.5 Å². The van der Waals surface area contributed by atoms with Crippen molar-refractivity contribution in [1.29, 1.82) is 0 Å². The van der Waals surface area contributed by atoms with Gasteiger partial charge in [-0.15, -0.1) is 0 Å². The van der Waals surface area contributed by atoms with Crippen molar-refractivity contribution in [1.82, 2.24) is 4.98 Å². The number of benzene rings is 2. The van der Waals surface area contributed by atoms with Crippen LogP contribution in [0.15, 0.2) is 58.5 Å². The van der Waals surface area contributed by atoms with Crippen LogP contribution in [-0.4, -0.2) is 16.4 Å². The second kappa shape index (κ2) is 12.2. The van der Waals surface area contributed by atoms with Gasteiger partial charge in [-0.2, -0.15) is 0 Å². The molecule has 1 heterocycles. The molecule has 0 aliphatic rings. The first-order chi connectivity index (χ1) is 14.3. The van der Waals surface area contributed by atoms with Crippen LogP contribution in [0, 0.1) is 27.7 Å². The molecule has 0 saturated heterocycles. The van der Waals surface area contributed by atoms with Crippen molar-refractivity contribution in [3.8, 4) is 0 Å². The van der Waals surface area contributed by atoms with E-state index in [4.69, 9.17) is 9.98 Å². The molecule has 3 aromatic rings. The van der Waals surface area contributed by atoms with Crippen LogP contribution in [0.3, 0.4) is 0 Å². The molecular weight excluding hydrogens is 640 g/mol. The van der Waals surface area contributed by atoms with Gasteiger partial charge >= 0.3 is 49.1 Å². The molecule has 0 bridgehead atoms. The minimum absolute atomic E-state index is 0.971. The van der Waals surface area contributed by atoms with Crippen LogP contribution in [0.2, 0.25) is 0 Å². The van der Waals surface area contributed by atoms with Gasteiger partial charge in [0, 0.05) is 0 Å². The van der Waals surface area contributed by atoms with Gasteiger partial charge < -0.3 is 4.98 Å². The van der Waals surface area contributed by atoms with Gasteiger partial charge in [0.25, 0.3) is 0 Å². The zero-order valence-corrected chi connectivity index (χ0v) is 23.5. The number of para-hydroxylation sites is 2. The average molecular weight is 667 g/mol. The molecule has 6 heteroatoms. The van der Waals surface area contributed by atoms with E-state index in [0.717, 1.165) is 34.2 Å². The van der Waals surface area contributed by atoms with Crippen molar-refractivity contribution < 1.29 is 8.46 Å². The third-order valence-electron chi connectivity index (χ3n) is 4.90. The van der Waals surface area contributed by atoms with Crippen LogP contribution >= 0.6 is 40.7 Å². The summed E-state index contributed by atoms with van der Waals surface area (Å²) in [5.74, 6) is 0. The molecule has 0 unspecified atom stereocenters. The predicted octanol–water partition coefficient (Wildman–Crippen LogP) is 8.30. The van der Waals surface area contributed by atoms with E-state index in [1.807, 2.05) is 13.8 Å². The van der Waals surface area contributed by atoms with Gasteiger partial charge in [-0.25, -0.2) is 0 Å². The number of H-pyrrole nitrogens is 1. The fourth-order valence-electron chi connectivity index (χ4n) is 3.24. The Morgan fingerprint density at radius 1 is 0.667 bits per heavy atom.